The Morgan fingerprint density at radius 1 is 1.00 bits per heavy atom. The molecule has 0 aliphatic heterocycles. The Morgan fingerprint density at radius 3 is 2.12 bits per heavy atom. The van der Waals surface area contributed by atoms with Crippen LogP contribution in [-0.4, -0.2) is 12.1 Å². The van der Waals surface area contributed by atoms with E-state index in [-0.39, 0.29) is 0 Å². The number of benzene rings is 1. The molecule has 1 heterocycles. The molecule has 2 aromatic rings. The summed E-state index contributed by atoms with van der Waals surface area (Å²) in [4.78, 5) is 2.34. The summed E-state index contributed by atoms with van der Waals surface area (Å²) in [5.74, 6) is 0.663. The maximum atomic E-state index is 12.4. The molecule has 17 heavy (non-hydrogen) atoms. The largest absolute Gasteiger partial charge is 0.497 e. The molecule has 2 rings (SSSR count). The van der Waals surface area contributed by atoms with Crippen LogP contribution in [0.3, 0.4) is 0 Å². The van der Waals surface area contributed by atoms with Crippen molar-refractivity contribution in [3.63, 3.8) is 0 Å². The predicted octanol–water partition coefficient (Wildman–Crippen LogP) is 3.71. The minimum atomic E-state index is -4.34. The lowest BCUT2D eigenvalue weighted by molar-refractivity contribution is -0.140. The maximum Gasteiger partial charge on any atom is 0.431 e. The van der Waals surface area contributed by atoms with Crippen LogP contribution in [0, 0.1) is 0 Å². The van der Waals surface area contributed by atoms with Gasteiger partial charge in [-0.3, -0.25) is 0 Å². The molecule has 0 saturated carbocycles. The van der Waals surface area contributed by atoms with Gasteiger partial charge < -0.3 is 9.72 Å². The second-order valence-corrected chi connectivity index (χ2v) is 3.51. The summed E-state index contributed by atoms with van der Waals surface area (Å²) >= 11 is 0. The monoisotopic (exact) mass is 241 g/mol. The van der Waals surface area contributed by atoms with Crippen LogP contribution in [0.5, 0.6) is 5.75 Å². The highest BCUT2D eigenvalue weighted by Crippen LogP contribution is 2.31. The molecule has 1 aromatic carbocycles. The first-order chi connectivity index (χ1) is 8.00. The number of aromatic amines is 1. The lowest BCUT2D eigenvalue weighted by Crippen LogP contribution is -2.04. The van der Waals surface area contributed by atoms with Crippen molar-refractivity contribution in [1.29, 1.82) is 0 Å². The van der Waals surface area contributed by atoms with Crippen LogP contribution >= 0.6 is 0 Å². The van der Waals surface area contributed by atoms with Gasteiger partial charge in [-0.05, 0) is 42.0 Å². The summed E-state index contributed by atoms with van der Waals surface area (Å²) in [5.41, 5.74) is 0.365. The van der Waals surface area contributed by atoms with Gasteiger partial charge in [0.25, 0.3) is 0 Å². The highest BCUT2D eigenvalue weighted by molar-refractivity contribution is 5.61. The highest BCUT2D eigenvalue weighted by Gasteiger charge is 2.32. The quantitative estimate of drug-likeness (QED) is 0.851. The lowest BCUT2D eigenvalue weighted by Gasteiger charge is -2.03. The van der Waals surface area contributed by atoms with Gasteiger partial charge in [0, 0.05) is 5.69 Å². The normalized spacial score (nSPS) is 11.5. The van der Waals surface area contributed by atoms with Crippen molar-refractivity contribution in [2.24, 2.45) is 0 Å². The molecule has 90 valence electrons. The number of nitrogens with one attached hydrogen (secondary N) is 1. The molecule has 0 amide bonds. The van der Waals surface area contributed by atoms with Crippen molar-refractivity contribution in [1.82, 2.24) is 4.98 Å². The first-order valence-electron chi connectivity index (χ1n) is 4.91. The summed E-state index contributed by atoms with van der Waals surface area (Å²) in [5, 5.41) is 0. The zero-order valence-electron chi connectivity index (χ0n) is 9.01. The number of hydrogen-bond donors (Lipinski definition) is 1. The van der Waals surface area contributed by atoms with Gasteiger partial charge in [-0.1, -0.05) is 0 Å². The van der Waals surface area contributed by atoms with E-state index in [0.29, 0.717) is 17.0 Å². The van der Waals surface area contributed by atoms with Gasteiger partial charge in [0.05, 0.1) is 7.11 Å². The Labute approximate surface area is 96.0 Å². The molecule has 0 spiro atoms. The van der Waals surface area contributed by atoms with Crippen LogP contribution in [0.1, 0.15) is 5.69 Å². The molecule has 0 saturated heterocycles. The minimum Gasteiger partial charge on any atom is -0.497 e. The predicted molar refractivity (Wildman–Crippen MR) is 57.8 cm³/mol. The third kappa shape index (κ3) is 2.43. The number of methoxy groups -OCH3 is 1. The molecule has 2 nitrogen and oxygen atoms in total. The van der Waals surface area contributed by atoms with Crippen molar-refractivity contribution in [3.8, 4) is 17.0 Å². The molecule has 1 aromatic heterocycles. The fraction of sp³-hybridized carbons (Fsp3) is 0.167. The molecule has 0 fully saturated rings. The van der Waals surface area contributed by atoms with E-state index < -0.39 is 11.9 Å². The van der Waals surface area contributed by atoms with Crippen LogP contribution in [0.25, 0.3) is 11.3 Å². The third-order valence-corrected chi connectivity index (χ3v) is 2.39. The van der Waals surface area contributed by atoms with Crippen LogP contribution < -0.4 is 4.74 Å². The summed E-state index contributed by atoms with van der Waals surface area (Å²) in [6.07, 6.45) is -4.34. The topological polar surface area (TPSA) is 25.0 Å². The molecule has 0 bridgehead atoms. The van der Waals surface area contributed by atoms with Gasteiger partial charge in [0.1, 0.15) is 11.4 Å². The Balaban J connectivity index is 2.30. The van der Waals surface area contributed by atoms with Crippen molar-refractivity contribution in [3.05, 3.63) is 42.1 Å². The molecular weight excluding hydrogens is 231 g/mol. The number of H-pyrrole nitrogens is 1. The average Bonchev–Trinajstić information content (AvgIpc) is 2.78. The fourth-order valence-corrected chi connectivity index (χ4v) is 1.50. The van der Waals surface area contributed by atoms with Gasteiger partial charge in [-0.15, -0.1) is 0 Å². The second-order valence-electron chi connectivity index (χ2n) is 3.51. The van der Waals surface area contributed by atoms with E-state index in [9.17, 15) is 13.2 Å². The molecule has 0 atom stereocenters. The van der Waals surface area contributed by atoms with E-state index in [4.69, 9.17) is 4.74 Å². The fourth-order valence-electron chi connectivity index (χ4n) is 1.50. The third-order valence-electron chi connectivity index (χ3n) is 2.39. The van der Waals surface area contributed by atoms with E-state index >= 15 is 0 Å². The smallest absolute Gasteiger partial charge is 0.431 e. The summed E-state index contributed by atoms with van der Waals surface area (Å²) in [6.45, 7) is 0. The van der Waals surface area contributed by atoms with Crippen LogP contribution in [-0.2, 0) is 6.18 Å². The number of aromatic nitrogens is 1. The van der Waals surface area contributed by atoms with Gasteiger partial charge in [0.2, 0.25) is 0 Å². The summed E-state index contributed by atoms with van der Waals surface area (Å²) in [6, 6.07) is 9.23. The molecule has 5 heteroatoms. The van der Waals surface area contributed by atoms with Crippen molar-refractivity contribution >= 4 is 0 Å². The Morgan fingerprint density at radius 2 is 1.65 bits per heavy atom. The SMILES string of the molecule is COc1ccc(-c2ccc(C(F)(F)F)[nH]2)cc1. The number of ether oxygens (including phenoxy) is 1. The molecule has 0 unspecified atom stereocenters. The summed E-state index contributed by atoms with van der Waals surface area (Å²) < 4.78 is 42.1. The van der Waals surface area contributed by atoms with Crippen LogP contribution in [0.4, 0.5) is 13.2 Å². The maximum absolute atomic E-state index is 12.4. The van der Waals surface area contributed by atoms with Crippen LogP contribution in [0.2, 0.25) is 0 Å². The second kappa shape index (κ2) is 4.16. The standard InChI is InChI=1S/C12H10F3NO/c1-17-9-4-2-8(3-5-9)10-6-7-11(16-10)12(13,14)15/h2-7,16H,1H3. The Hall–Kier alpha value is -1.91. The molecule has 0 aliphatic rings. The molecular formula is C12H10F3NO. The first kappa shape index (κ1) is 11.6. The van der Waals surface area contributed by atoms with E-state index in [1.165, 1.54) is 13.2 Å². The Bertz CT molecular complexity index is 499. The zero-order chi connectivity index (χ0) is 12.5. The number of halogens is 3. The number of alkyl halides is 3. The summed E-state index contributed by atoms with van der Waals surface area (Å²) in [7, 11) is 1.53. The first-order valence-corrected chi connectivity index (χ1v) is 4.91. The molecule has 0 radical (unpaired) electrons. The van der Waals surface area contributed by atoms with E-state index in [1.54, 1.807) is 24.3 Å². The molecule has 1 N–H and O–H groups in total. The van der Waals surface area contributed by atoms with Gasteiger partial charge in [0.15, 0.2) is 0 Å². The van der Waals surface area contributed by atoms with Crippen LogP contribution in [0.15, 0.2) is 36.4 Å². The molecule has 0 aliphatic carbocycles. The van der Waals surface area contributed by atoms with Gasteiger partial charge >= 0.3 is 6.18 Å². The van der Waals surface area contributed by atoms with E-state index in [0.717, 1.165) is 6.07 Å². The van der Waals surface area contributed by atoms with Crippen molar-refractivity contribution in [2.75, 3.05) is 7.11 Å². The number of hydrogen-bond acceptors (Lipinski definition) is 1. The lowest BCUT2D eigenvalue weighted by atomic mass is 10.1. The van der Waals surface area contributed by atoms with E-state index in [1.807, 2.05) is 0 Å². The minimum absolute atomic E-state index is 0.431. The number of rotatable bonds is 2. The van der Waals surface area contributed by atoms with E-state index in [2.05, 4.69) is 4.98 Å². The zero-order valence-corrected chi connectivity index (χ0v) is 9.01. The average molecular weight is 241 g/mol. The Kier molecular flexibility index (Phi) is 2.83. The van der Waals surface area contributed by atoms with Gasteiger partial charge in [-0.25, -0.2) is 0 Å². The van der Waals surface area contributed by atoms with Gasteiger partial charge in [-0.2, -0.15) is 13.2 Å². The van der Waals surface area contributed by atoms with Crippen molar-refractivity contribution in [2.45, 2.75) is 6.18 Å². The van der Waals surface area contributed by atoms with Crippen molar-refractivity contribution < 1.29 is 17.9 Å². The highest BCUT2D eigenvalue weighted by atomic mass is 19.4.